The summed E-state index contributed by atoms with van der Waals surface area (Å²) in [6.07, 6.45) is 1.26. The van der Waals surface area contributed by atoms with Gasteiger partial charge in [-0.25, -0.2) is 8.78 Å². The van der Waals surface area contributed by atoms with Crippen LogP contribution in [0.1, 0.15) is 21.5 Å². The molecule has 0 unspecified atom stereocenters. The molecule has 0 radical (unpaired) electrons. The molecule has 3 aromatic rings. The van der Waals surface area contributed by atoms with Gasteiger partial charge in [-0.2, -0.15) is 5.26 Å². The van der Waals surface area contributed by atoms with E-state index in [1.165, 1.54) is 36.5 Å². The van der Waals surface area contributed by atoms with Gasteiger partial charge in [-0.05, 0) is 36.8 Å². The van der Waals surface area contributed by atoms with Gasteiger partial charge in [0.25, 0.3) is 5.91 Å². The Morgan fingerprint density at radius 3 is 2.71 bits per heavy atom. The van der Waals surface area contributed by atoms with Crippen LogP contribution in [0, 0.1) is 29.9 Å². The summed E-state index contributed by atoms with van der Waals surface area (Å²) in [6.45, 7) is 2.04. The number of aromatic nitrogens is 1. The molecule has 3 rings (SSSR count). The molecule has 142 valence electrons. The summed E-state index contributed by atoms with van der Waals surface area (Å²) >= 11 is 6.17. The molecule has 0 aliphatic heterocycles. The molecule has 0 bridgehead atoms. The van der Waals surface area contributed by atoms with Gasteiger partial charge < -0.3 is 10.6 Å². The van der Waals surface area contributed by atoms with Crippen molar-refractivity contribution in [3.8, 4) is 6.07 Å². The van der Waals surface area contributed by atoms with Crippen molar-refractivity contribution in [2.24, 2.45) is 0 Å². The Labute approximate surface area is 165 Å². The van der Waals surface area contributed by atoms with Gasteiger partial charge in [0.15, 0.2) is 0 Å². The molecule has 2 N–H and O–H groups in total. The number of hydrogen-bond donors (Lipinski definition) is 2. The lowest BCUT2D eigenvalue weighted by molar-refractivity contribution is 0.0954. The topological polar surface area (TPSA) is 77.8 Å². The summed E-state index contributed by atoms with van der Waals surface area (Å²) in [4.78, 5) is 16.1. The number of carbonyl (C=O) groups excluding carboxylic acids is 1. The molecule has 0 aliphatic rings. The number of fused-ring (bicyclic) bond motifs is 1. The third-order valence-corrected chi connectivity index (χ3v) is 4.50. The number of nitrogens with zero attached hydrogens (tertiary/aromatic N) is 2. The standard InChI is InChI=1S/C20H15ClF2N4O/c1-11-2-3-12(8-16(11)23)20(28)26-7-6-25-18-13(9-24)10-27-19-15(22)5-4-14(21)17(18)19/h2-5,8,10H,6-7H2,1H3,(H,25,27)(H,26,28). The van der Waals surface area contributed by atoms with Crippen LogP contribution < -0.4 is 10.6 Å². The summed E-state index contributed by atoms with van der Waals surface area (Å²) in [5, 5.41) is 15.5. The number of anilines is 1. The van der Waals surface area contributed by atoms with E-state index >= 15 is 0 Å². The Balaban J connectivity index is 1.73. The van der Waals surface area contributed by atoms with Crippen LogP contribution in [0.2, 0.25) is 5.02 Å². The maximum absolute atomic E-state index is 14.0. The van der Waals surface area contributed by atoms with E-state index in [2.05, 4.69) is 15.6 Å². The molecule has 0 atom stereocenters. The lowest BCUT2D eigenvalue weighted by Gasteiger charge is -2.13. The smallest absolute Gasteiger partial charge is 0.251 e. The molecule has 1 amide bonds. The first-order valence-corrected chi connectivity index (χ1v) is 8.75. The van der Waals surface area contributed by atoms with Crippen molar-refractivity contribution in [3.05, 3.63) is 69.9 Å². The fourth-order valence-electron chi connectivity index (χ4n) is 2.70. The molecule has 1 heterocycles. The zero-order chi connectivity index (χ0) is 20.3. The number of pyridine rings is 1. The van der Waals surface area contributed by atoms with Gasteiger partial charge >= 0.3 is 0 Å². The first-order valence-electron chi connectivity index (χ1n) is 8.37. The Bertz CT molecular complexity index is 1110. The van der Waals surface area contributed by atoms with Crippen LogP contribution in [-0.2, 0) is 0 Å². The summed E-state index contributed by atoms with van der Waals surface area (Å²) in [7, 11) is 0. The van der Waals surface area contributed by atoms with Gasteiger partial charge in [0.05, 0.1) is 16.3 Å². The number of halogens is 3. The van der Waals surface area contributed by atoms with Crippen LogP contribution in [0.5, 0.6) is 0 Å². The molecule has 5 nitrogen and oxygen atoms in total. The van der Waals surface area contributed by atoms with Crippen molar-refractivity contribution in [1.82, 2.24) is 10.3 Å². The van der Waals surface area contributed by atoms with Crippen LogP contribution >= 0.6 is 11.6 Å². The van der Waals surface area contributed by atoms with E-state index < -0.39 is 17.5 Å². The van der Waals surface area contributed by atoms with Gasteiger partial charge in [-0.1, -0.05) is 17.7 Å². The SMILES string of the molecule is Cc1ccc(C(=O)NCCNc2c(C#N)cnc3c(F)ccc(Cl)c23)cc1F. The van der Waals surface area contributed by atoms with Crippen LogP contribution in [-0.4, -0.2) is 24.0 Å². The highest BCUT2D eigenvalue weighted by Crippen LogP contribution is 2.33. The number of benzene rings is 2. The monoisotopic (exact) mass is 400 g/mol. The second-order valence-electron chi connectivity index (χ2n) is 6.06. The zero-order valence-electron chi connectivity index (χ0n) is 14.8. The van der Waals surface area contributed by atoms with Gasteiger partial charge in [-0.15, -0.1) is 0 Å². The van der Waals surface area contributed by atoms with Crippen molar-refractivity contribution in [3.63, 3.8) is 0 Å². The minimum absolute atomic E-state index is 0.0492. The van der Waals surface area contributed by atoms with Crippen molar-refractivity contribution >= 4 is 34.1 Å². The van der Waals surface area contributed by atoms with Gasteiger partial charge in [0.1, 0.15) is 23.2 Å². The molecule has 8 heteroatoms. The van der Waals surface area contributed by atoms with Crippen molar-refractivity contribution < 1.29 is 13.6 Å². The Morgan fingerprint density at radius 1 is 1.21 bits per heavy atom. The highest BCUT2D eigenvalue weighted by atomic mass is 35.5. The van der Waals surface area contributed by atoms with E-state index in [9.17, 15) is 18.8 Å². The van der Waals surface area contributed by atoms with Crippen LogP contribution in [0.25, 0.3) is 10.9 Å². The molecular formula is C20H15ClF2N4O. The normalized spacial score (nSPS) is 10.5. The fourth-order valence-corrected chi connectivity index (χ4v) is 2.95. The molecule has 0 spiro atoms. The Hall–Kier alpha value is -3.24. The number of amides is 1. The fraction of sp³-hybridized carbons (Fsp3) is 0.150. The molecule has 1 aromatic heterocycles. The predicted octanol–water partition coefficient (Wildman–Crippen LogP) is 4.19. The highest BCUT2D eigenvalue weighted by Gasteiger charge is 2.15. The van der Waals surface area contributed by atoms with Gasteiger partial charge in [-0.3, -0.25) is 9.78 Å². The van der Waals surface area contributed by atoms with Crippen LogP contribution in [0.15, 0.2) is 36.5 Å². The van der Waals surface area contributed by atoms with E-state index in [0.717, 1.165) is 0 Å². The second kappa shape index (κ2) is 8.19. The number of nitrogens with one attached hydrogen (secondary N) is 2. The highest BCUT2D eigenvalue weighted by molar-refractivity contribution is 6.36. The van der Waals surface area contributed by atoms with Crippen LogP contribution in [0.4, 0.5) is 14.5 Å². The summed E-state index contributed by atoms with van der Waals surface area (Å²) in [5.41, 5.74) is 1.25. The molecule has 0 fully saturated rings. The molecular weight excluding hydrogens is 386 g/mol. The van der Waals surface area contributed by atoms with Crippen LogP contribution in [0.3, 0.4) is 0 Å². The molecule has 0 aliphatic carbocycles. The van der Waals surface area contributed by atoms with Crippen molar-refractivity contribution in [1.29, 1.82) is 5.26 Å². The summed E-state index contributed by atoms with van der Waals surface area (Å²) in [6, 6.07) is 8.82. The molecule has 0 saturated heterocycles. The van der Waals surface area contributed by atoms with E-state index in [0.29, 0.717) is 16.6 Å². The number of hydrogen-bond acceptors (Lipinski definition) is 4. The van der Waals surface area contributed by atoms with Gasteiger partial charge in [0.2, 0.25) is 0 Å². The number of rotatable bonds is 5. The largest absolute Gasteiger partial charge is 0.382 e. The first kappa shape index (κ1) is 19.5. The minimum atomic E-state index is -0.554. The van der Waals surface area contributed by atoms with E-state index in [1.807, 2.05) is 6.07 Å². The number of nitriles is 1. The number of aryl methyl sites for hydroxylation is 1. The predicted molar refractivity (Wildman–Crippen MR) is 103 cm³/mol. The maximum atomic E-state index is 14.0. The van der Waals surface area contributed by atoms with E-state index in [1.54, 1.807) is 6.92 Å². The number of carbonyl (C=O) groups is 1. The van der Waals surface area contributed by atoms with Crippen molar-refractivity contribution in [2.45, 2.75) is 6.92 Å². The third kappa shape index (κ3) is 3.87. The lowest BCUT2D eigenvalue weighted by atomic mass is 10.1. The second-order valence-corrected chi connectivity index (χ2v) is 6.47. The Morgan fingerprint density at radius 2 is 2.00 bits per heavy atom. The minimum Gasteiger partial charge on any atom is -0.382 e. The first-order chi connectivity index (χ1) is 13.4. The third-order valence-electron chi connectivity index (χ3n) is 4.19. The summed E-state index contributed by atoms with van der Waals surface area (Å²) in [5.74, 6) is -1.43. The van der Waals surface area contributed by atoms with E-state index in [-0.39, 0.29) is 34.8 Å². The summed E-state index contributed by atoms with van der Waals surface area (Å²) < 4.78 is 27.6. The van der Waals surface area contributed by atoms with Gasteiger partial charge in [0, 0.05) is 30.2 Å². The van der Waals surface area contributed by atoms with Crippen molar-refractivity contribution in [2.75, 3.05) is 18.4 Å². The maximum Gasteiger partial charge on any atom is 0.251 e. The average molecular weight is 401 g/mol. The quantitative estimate of drug-likeness (QED) is 0.629. The zero-order valence-corrected chi connectivity index (χ0v) is 15.6. The van der Waals surface area contributed by atoms with E-state index in [4.69, 9.17) is 11.6 Å². The molecule has 28 heavy (non-hydrogen) atoms. The molecule has 2 aromatic carbocycles. The lowest BCUT2D eigenvalue weighted by Crippen LogP contribution is -2.29. The Kier molecular flexibility index (Phi) is 5.71. The average Bonchev–Trinajstić information content (AvgIpc) is 2.69. The molecule has 0 saturated carbocycles.